The average Bonchev–Trinajstić information content (AvgIpc) is 2.63. The molecule has 2 heteroatoms. The van der Waals surface area contributed by atoms with Crippen LogP contribution in [0.15, 0.2) is 30.3 Å². The Hall–Kier alpha value is -0.860. The van der Waals surface area contributed by atoms with E-state index in [-0.39, 0.29) is 0 Å². The van der Waals surface area contributed by atoms with Gasteiger partial charge in [-0.25, -0.2) is 0 Å². The number of benzene rings is 1. The van der Waals surface area contributed by atoms with Gasteiger partial charge in [0.1, 0.15) is 0 Å². The van der Waals surface area contributed by atoms with Gasteiger partial charge in [0.15, 0.2) is 0 Å². The molecule has 14 heavy (non-hydrogen) atoms. The third-order valence-corrected chi connectivity index (χ3v) is 2.88. The second kappa shape index (κ2) is 4.58. The second-order valence-electron chi connectivity index (χ2n) is 4.13. The van der Waals surface area contributed by atoms with Crippen molar-refractivity contribution in [2.24, 2.45) is 5.73 Å². The van der Waals surface area contributed by atoms with Crippen LogP contribution >= 0.6 is 0 Å². The number of rotatable bonds is 3. The van der Waals surface area contributed by atoms with Crippen molar-refractivity contribution in [1.82, 2.24) is 5.32 Å². The summed E-state index contributed by atoms with van der Waals surface area (Å²) < 4.78 is 0. The van der Waals surface area contributed by atoms with Gasteiger partial charge in [0.25, 0.3) is 0 Å². The highest BCUT2D eigenvalue weighted by Crippen LogP contribution is 2.12. The third kappa shape index (κ3) is 2.56. The number of nitrogens with two attached hydrogens (primary N) is 1. The Labute approximate surface area is 85.5 Å². The van der Waals surface area contributed by atoms with E-state index in [0.29, 0.717) is 12.1 Å². The molecule has 0 amide bonds. The molecule has 0 radical (unpaired) electrons. The first kappa shape index (κ1) is 9.69. The van der Waals surface area contributed by atoms with E-state index >= 15 is 0 Å². The lowest BCUT2D eigenvalue weighted by Crippen LogP contribution is -2.23. The van der Waals surface area contributed by atoms with E-state index in [1.165, 1.54) is 12.0 Å². The molecule has 2 rings (SSSR count). The van der Waals surface area contributed by atoms with Crippen molar-refractivity contribution in [3.63, 3.8) is 0 Å². The number of nitrogens with one attached hydrogen (secondary N) is 1. The molecule has 2 atom stereocenters. The molecule has 1 aliphatic heterocycles. The topological polar surface area (TPSA) is 38.0 Å². The van der Waals surface area contributed by atoms with Crippen molar-refractivity contribution < 1.29 is 0 Å². The van der Waals surface area contributed by atoms with Crippen LogP contribution in [0.4, 0.5) is 0 Å². The molecule has 0 saturated carbocycles. The van der Waals surface area contributed by atoms with Crippen LogP contribution in [0.3, 0.4) is 0 Å². The SMILES string of the molecule is NC1CNC(CCc2ccccc2)C1. The van der Waals surface area contributed by atoms with Crippen LogP contribution in [0.25, 0.3) is 0 Å². The molecule has 1 heterocycles. The maximum atomic E-state index is 5.83. The molecule has 3 N–H and O–H groups in total. The summed E-state index contributed by atoms with van der Waals surface area (Å²) in [6, 6.07) is 11.6. The molecule has 1 aliphatic rings. The summed E-state index contributed by atoms with van der Waals surface area (Å²) in [5, 5.41) is 3.45. The Balaban J connectivity index is 1.78. The van der Waals surface area contributed by atoms with Gasteiger partial charge >= 0.3 is 0 Å². The predicted molar refractivity (Wildman–Crippen MR) is 59.1 cm³/mol. The van der Waals surface area contributed by atoms with Crippen molar-refractivity contribution in [3.8, 4) is 0 Å². The minimum Gasteiger partial charge on any atom is -0.326 e. The quantitative estimate of drug-likeness (QED) is 0.754. The smallest absolute Gasteiger partial charge is 0.0180 e. The van der Waals surface area contributed by atoms with Crippen molar-refractivity contribution in [2.45, 2.75) is 31.3 Å². The fourth-order valence-corrected chi connectivity index (χ4v) is 2.06. The summed E-state index contributed by atoms with van der Waals surface area (Å²) in [5.74, 6) is 0. The Bertz CT molecular complexity index is 271. The van der Waals surface area contributed by atoms with E-state index in [4.69, 9.17) is 5.73 Å². The Morgan fingerprint density at radius 2 is 2.07 bits per heavy atom. The zero-order chi connectivity index (χ0) is 9.80. The molecule has 2 nitrogen and oxygen atoms in total. The molecule has 76 valence electrons. The molecule has 2 unspecified atom stereocenters. The first-order chi connectivity index (χ1) is 6.84. The van der Waals surface area contributed by atoms with E-state index in [2.05, 4.69) is 35.6 Å². The number of aryl methyl sites for hydroxylation is 1. The first-order valence-corrected chi connectivity index (χ1v) is 5.37. The van der Waals surface area contributed by atoms with Crippen LogP contribution in [0.1, 0.15) is 18.4 Å². The van der Waals surface area contributed by atoms with Gasteiger partial charge in [-0.1, -0.05) is 30.3 Å². The van der Waals surface area contributed by atoms with Gasteiger partial charge in [0.2, 0.25) is 0 Å². The van der Waals surface area contributed by atoms with Gasteiger partial charge in [0.05, 0.1) is 0 Å². The van der Waals surface area contributed by atoms with Crippen LogP contribution in [-0.4, -0.2) is 18.6 Å². The summed E-state index contributed by atoms with van der Waals surface area (Å²) in [4.78, 5) is 0. The number of hydrogen-bond acceptors (Lipinski definition) is 2. The van der Waals surface area contributed by atoms with Crippen LogP contribution < -0.4 is 11.1 Å². The summed E-state index contributed by atoms with van der Waals surface area (Å²) in [6.45, 7) is 0.986. The van der Waals surface area contributed by atoms with Crippen molar-refractivity contribution in [1.29, 1.82) is 0 Å². The monoisotopic (exact) mass is 190 g/mol. The van der Waals surface area contributed by atoms with Gasteiger partial charge < -0.3 is 11.1 Å². The van der Waals surface area contributed by atoms with E-state index < -0.39 is 0 Å². The Morgan fingerprint density at radius 3 is 2.71 bits per heavy atom. The first-order valence-electron chi connectivity index (χ1n) is 5.37. The van der Waals surface area contributed by atoms with Gasteiger partial charge in [0, 0.05) is 18.6 Å². The maximum Gasteiger partial charge on any atom is 0.0180 e. The van der Waals surface area contributed by atoms with Crippen LogP contribution in [-0.2, 0) is 6.42 Å². The second-order valence-corrected chi connectivity index (χ2v) is 4.13. The lowest BCUT2D eigenvalue weighted by Gasteiger charge is -2.09. The molecule has 1 fully saturated rings. The normalized spacial score (nSPS) is 26.6. The molecular formula is C12H18N2. The van der Waals surface area contributed by atoms with E-state index in [1.807, 2.05) is 0 Å². The van der Waals surface area contributed by atoms with Crippen molar-refractivity contribution >= 4 is 0 Å². The van der Waals surface area contributed by atoms with Crippen molar-refractivity contribution in [3.05, 3.63) is 35.9 Å². The fraction of sp³-hybridized carbons (Fsp3) is 0.500. The Morgan fingerprint density at radius 1 is 1.29 bits per heavy atom. The lowest BCUT2D eigenvalue weighted by atomic mass is 10.0. The highest BCUT2D eigenvalue weighted by atomic mass is 15.0. The summed E-state index contributed by atoms with van der Waals surface area (Å²) in [5.41, 5.74) is 7.26. The highest BCUT2D eigenvalue weighted by Gasteiger charge is 2.19. The molecule has 0 spiro atoms. The molecular weight excluding hydrogens is 172 g/mol. The zero-order valence-electron chi connectivity index (χ0n) is 8.45. The molecule has 1 saturated heterocycles. The predicted octanol–water partition coefficient (Wildman–Crippen LogP) is 1.31. The largest absolute Gasteiger partial charge is 0.326 e. The lowest BCUT2D eigenvalue weighted by molar-refractivity contribution is 0.554. The summed E-state index contributed by atoms with van der Waals surface area (Å²) in [7, 11) is 0. The van der Waals surface area contributed by atoms with Crippen LogP contribution in [0, 0.1) is 0 Å². The summed E-state index contributed by atoms with van der Waals surface area (Å²) in [6.07, 6.45) is 3.50. The van der Waals surface area contributed by atoms with E-state index in [1.54, 1.807) is 0 Å². The van der Waals surface area contributed by atoms with Crippen molar-refractivity contribution in [2.75, 3.05) is 6.54 Å². The fourth-order valence-electron chi connectivity index (χ4n) is 2.06. The molecule has 1 aromatic carbocycles. The average molecular weight is 190 g/mol. The van der Waals surface area contributed by atoms with Crippen LogP contribution in [0.5, 0.6) is 0 Å². The minimum atomic E-state index is 0.371. The highest BCUT2D eigenvalue weighted by molar-refractivity contribution is 5.14. The van der Waals surface area contributed by atoms with Gasteiger partial charge in [-0.2, -0.15) is 0 Å². The van der Waals surface area contributed by atoms with E-state index in [0.717, 1.165) is 19.4 Å². The molecule has 0 bridgehead atoms. The Kier molecular flexibility index (Phi) is 3.17. The summed E-state index contributed by atoms with van der Waals surface area (Å²) >= 11 is 0. The van der Waals surface area contributed by atoms with Gasteiger partial charge in [-0.15, -0.1) is 0 Å². The minimum absolute atomic E-state index is 0.371. The maximum absolute atomic E-state index is 5.83. The van der Waals surface area contributed by atoms with Crippen LogP contribution in [0.2, 0.25) is 0 Å². The number of hydrogen-bond donors (Lipinski definition) is 2. The van der Waals surface area contributed by atoms with Gasteiger partial charge in [-0.3, -0.25) is 0 Å². The van der Waals surface area contributed by atoms with E-state index in [9.17, 15) is 0 Å². The molecule has 0 aliphatic carbocycles. The standard InChI is InChI=1S/C12H18N2/c13-11-8-12(14-9-11)7-6-10-4-2-1-3-5-10/h1-5,11-12,14H,6-9,13H2. The zero-order valence-corrected chi connectivity index (χ0v) is 8.45. The molecule has 0 aromatic heterocycles. The molecule has 1 aromatic rings. The van der Waals surface area contributed by atoms with Gasteiger partial charge in [-0.05, 0) is 24.8 Å². The third-order valence-electron chi connectivity index (χ3n) is 2.88.